The van der Waals surface area contributed by atoms with E-state index >= 15 is 0 Å². The number of nitrogens with zero attached hydrogens (tertiary/aromatic N) is 3. The van der Waals surface area contributed by atoms with Crippen LogP contribution in [0.3, 0.4) is 0 Å². The third-order valence-corrected chi connectivity index (χ3v) is 2.48. The first kappa shape index (κ1) is 14.4. The predicted molar refractivity (Wildman–Crippen MR) is 69.5 cm³/mol. The Balaban J connectivity index is 2.69. The quantitative estimate of drug-likeness (QED) is 0.749. The van der Waals surface area contributed by atoms with Gasteiger partial charge in [0, 0.05) is 26.2 Å². The van der Waals surface area contributed by atoms with Gasteiger partial charge in [-0.1, -0.05) is 0 Å². The maximum absolute atomic E-state index is 12.1. The standard InChI is InChI=1S/C12H20N4O2/c1-3-13-11-9-14-10(8-15-11)12(18)16(4-2)6-5-7-17/h8-9,17H,3-7H2,1-2H3,(H,13,15). The van der Waals surface area contributed by atoms with E-state index in [0.29, 0.717) is 31.0 Å². The summed E-state index contributed by atoms with van der Waals surface area (Å²) < 4.78 is 0. The van der Waals surface area contributed by atoms with Crippen molar-refractivity contribution >= 4 is 11.7 Å². The van der Waals surface area contributed by atoms with Crippen LogP contribution in [0.25, 0.3) is 0 Å². The van der Waals surface area contributed by atoms with Crippen LogP contribution in [0.1, 0.15) is 30.8 Å². The molecule has 1 heterocycles. The lowest BCUT2D eigenvalue weighted by Gasteiger charge is -2.19. The monoisotopic (exact) mass is 252 g/mol. The van der Waals surface area contributed by atoms with Gasteiger partial charge in [-0.2, -0.15) is 0 Å². The molecule has 6 heteroatoms. The fourth-order valence-electron chi connectivity index (χ4n) is 1.54. The van der Waals surface area contributed by atoms with E-state index < -0.39 is 0 Å². The Labute approximate surface area is 107 Å². The summed E-state index contributed by atoms with van der Waals surface area (Å²) in [5, 5.41) is 11.8. The molecule has 0 bridgehead atoms. The number of hydrogen-bond donors (Lipinski definition) is 2. The van der Waals surface area contributed by atoms with Crippen LogP contribution in [-0.4, -0.2) is 52.1 Å². The molecule has 0 saturated heterocycles. The van der Waals surface area contributed by atoms with Crippen molar-refractivity contribution in [1.29, 1.82) is 0 Å². The molecule has 0 fully saturated rings. The lowest BCUT2D eigenvalue weighted by molar-refractivity contribution is 0.0748. The van der Waals surface area contributed by atoms with Gasteiger partial charge < -0.3 is 15.3 Å². The van der Waals surface area contributed by atoms with Crippen LogP contribution in [0.4, 0.5) is 5.82 Å². The zero-order valence-corrected chi connectivity index (χ0v) is 10.9. The van der Waals surface area contributed by atoms with E-state index in [-0.39, 0.29) is 12.5 Å². The molecule has 0 aliphatic rings. The molecular formula is C12H20N4O2. The molecule has 100 valence electrons. The molecule has 0 radical (unpaired) electrons. The number of aliphatic hydroxyl groups is 1. The van der Waals surface area contributed by atoms with Gasteiger partial charge >= 0.3 is 0 Å². The average Bonchev–Trinajstić information content (AvgIpc) is 2.40. The molecule has 1 aromatic rings. The molecule has 0 atom stereocenters. The van der Waals surface area contributed by atoms with E-state index in [2.05, 4.69) is 15.3 Å². The van der Waals surface area contributed by atoms with Crippen molar-refractivity contribution < 1.29 is 9.90 Å². The molecule has 1 aromatic heterocycles. The van der Waals surface area contributed by atoms with Gasteiger partial charge in [0.05, 0.1) is 12.4 Å². The summed E-state index contributed by atoms with van der Waals surface area (Å²) in [6, 6.07) is 0. The van der Waals surface area contributed by atoms with Crippen LogP contribution >= 0.6 is 0 Å². The Bertz CT molecular complexity index is 367. The number of carbonyl (C=O) groups excluding carboxylic acids is 1. The summed E-state index contributed by atoms with van der Waals surface area (Å²) >= 11 is 0. The largest absolute Gasteiger partial charge is 0.396 e. The van der Waals surface area contributed by atoms with Crippen molar-refractivity contribution in [2.24, 2.45) is 0 Å². The van der Waals surface area contributed by atoms with E-state index in [4.69, 9.17) is 5.11 Å². The minimum Gasteiger partial charge on any atom is -0.396 e. The van der Waals surface area contributed by atoms with Crippen molar-refractivity contribution in [2.45, 2.75) is 20.3 Å². The van der Waals surface area contributed by atoms with E-state index in [1.807, 2.05) is 13.8 Å². The summed E-state index contributed by atoms with van der Waals surface area (Å²) in [6.45, 7) is 5.83. The van der Waals surface area contributed by atoms with Crippen molar-refractivity contribution in [3.05, 3.63) is 18.1 Å². The molecule has 1 rings (SSSR count). The molecular weight excluding hydrogens is 232 g/mol. The third kappa shape index (κ3) is 3.96. The summed E-state index contributed by atoms with van der Waals surface area (Å²) in [4.78, 5) is 21.9. The van der Waals surface area contributed by atoms with Crippen LogP contribution in [0.5, 0.6) is 0 Å². The van der Waals surface area contributed by atoms with Crippen LogP contribution < -0.4 is 5.32 Å². The Kier molecular flexibility index (Phi) is 6.07. The Hall–Kier alpha value is -1.69. The summed E-state index contributed by atoms with van der Waals surface area (Å²) in [7, 11) is 0. The number of rotatable bonds is 7. The molecule has 0 spiro atoms. The summed E-state index contributed by atoms with van der Waals surface area (Å²) in [5.74, 6) is 0.508. The first-order chi connectivity index (χ1) is 8.72. The van der Waals surface area contributed by atoms with E-state index in [1.165, 1.54) is 6.20 Å². The zero-order chi connectivity index (χ0) is 13.4. The number of anilines is 1. The highest BCUT2D eigenvalue weighted by molar-refractivity contribution is 5.92. The Morgan fingerprint density at radius 2 is 2.17 bits per heavy atom. The molecule has 1 amide bonds. The van der Waals surface area contributed by atoms with Gasteiger partial charge in [0.25, 0.3) is 5.91 Å². The minimum absolute atomic E-state index is 0.0782. The lowest BCUT2D eigenvalue weighted by atomic mass is 10.3. The van der Waals surface area contributed by atoms with Crippen LogP contribution in [0, 0.1) is 0 Å². The first-order valence-electron chi connectivity index (χ1n) is 6.19. The molecule has 0 aliphatic carbocycles. The lowest BCUT2D eigenvalue weighted by Crippen LogP contribution is -2.32. The van der Waals surface area contributed by atoms with Crippen molar-refractivity contribution in [3.8, 4) is 0 Å². The first-order valence-corrected chi connectivity index (χ1v) is 6.19. The minimum atomic E-state index is -0.151. The van der Waals surface area contributed by atoms with Gasteiger partial charge in [-0.05, 0) is 20.3 Å². The zero-order valence-electron chi connectivity index (χ0n) is 10.9. The highest BCUT2D eigenvalue weighted by atomic mass is 16.3. The maximum atomic E-state index is 12.1. The topological polar surface area (TPSA) is 78.4 Å². The summed E-state index contributed by atoms with van der Waals surface area (Å²) in [5.41, 5.74) is 0.330. The molecule has 0 aliphatic heterocycles. The Morgan fingerprint density at radius 1 is 1.39 bits per heavy atom. The number of nitrogens with one attached hydrogen (secondary N) is 1. The highest BCUT2D eigenvalue weighted by Gasteiger charge is 2.15. The van der Waals surface area contributed by atoms with Gasteiger partial charge in [0.2, 0.25) is 0 Å². The predicted octanol–water partition coefficient (Wildman–Crippen LogP) is 0.753. The second kappa shape index (κ2) is 7.60. The van der Waals surface area contributed by atoms with Gasteiger partial charge in [-0.3, -0.25) is 4.79 Å². The normalized spacial score (nSPS) is 10.2. The molecule has 0 saturated carbocycles. The third-order valence-electron chi connectivity index (χ3n) is 2.48. The molecule has 18 heavy (non-hydrogen) atoms. The number of carbonyl (C=O) groups is 1. The van der Waals surface area contributed by atoms with Gasteiger partial charge in [-0.15, -0.1) is 0 Å². The van der Waals surface area contributed by atoms with E-state index in [0.717, 1.165) is 6.54 Å². The SMILES string of the molecule is CCNc1cnc(C(=O)N(CC)CCCO)cn1. The number of aliphatic hydroxyl groups excluding tert-OH is 1. The highest BCUT2D eigenvalue weighted by Crippen LogP contribution is 2.05. The average molecular weight is 252 g/mol. The summed E-state index contributed by atoms with van der Waals surface area (Å²) in [6.07, 6.45) is 3.60. The molecule has 2 N–H and O–H groups in total. The van der Waals surface area contributed by atoms with Gasteiger partial charge in [0.1, 0.15) is 11.5 Å². The van der Waals surface area contributed by atoms with Crippen LogP contribution in [0.15, 0.2) is 12.4 Å². The van der Waals surface area contributed by atoms with Gasteiger partial charge in [-0.25, -0.2) is 9.97 Å². The number of amides is 1. The fraction of sp³-hybridized carbons (Fsp3) is 0.583. The van der Waals surface area contributed by atoms with E-state index in [1.54, 1.807) is 11.1 Å². The van der Waals surface area contributed by atoms with Crippen molar-refractivity contribution in [2.75, 3.05) is 31.6 Å². The maximum Gasteiger partial charge on any atom is 0.274 e. The van der Waals surface area contributed by atoms with Crippen molar-refractivity contribution in [1.82, 2.24) is 14.9 Å². The molecule has 0 unspecified atom stereocenters. The van der Waals surface area contributed by atoms with Crippen LogP contribution in [0.2, 0.25) is 0 Å². The molecule has 6 nitrogen and oxygen atoms in total. The van der Waals surface area contributed by atoms with Crippen molar-refractivity contribution in [3.63, 3.8) is 0 Å². The number of hydrogen-bond acceptors (Lipinski definition) is 5. The smallest absolute Gasteiger partial charge is 0.274 e. The second-order valence-corrected chi connectivity index (χ2v) is 3.78. The number of aromatic nitrogens is 2. The molecule has 0 aromatic carbocycles. The van der Waals surface area contributed by atoms with Gasteiger partial charge in [0.15, 0.2) is 0 Å². The second-order valence-electron chi connectivity index (χ2n) is 3.78. The fourth-order valence-corrected chi connectivity index (χ4v) is 1.54. The van der Waals surface area contributed by atoms with E-state index in [9.17, 15) is 4.79 Å². The van der Waals surface area contributed by atoms with Crippen LogP contribution in [-0.2, 0) is 0 Å². The Morgan fingerprint density at radius 3 is 2.67 bits per heavy atom.